The lowest BCUT2D eigenvalue weighted by Crippen LogP contribution is -2.42. The van der Waals surface area contributed by atoms with Crippen LogP contribution in [0.25, 0.3) is 0 Å². The fourth-order valence-electron chi connectivity index (χ4n) is 2.89. The number of aryl methyl sites for hydroxylation is 1. The Morgan fingerprint density at radius 3 is 2.85 bits per heavy atom. The van der Waals surface area contributed by atoms with Crippen LogP contribution >= 0.6 is 0 Å². The topological polar surface area (TPSA) is 91.8 Å². The third kappa shape index (κ3) is 8.73. The second-order valence-electron chi connectivity index (χ2n) is 6.77. The number of nitrogens with one attached hydrogen (secondary N) is 3. The van der Waals surface area contributed by atoms with E-state index in [-0.39, 0.29) is 11.9 Å². The number of aliphatic imine (C=N–C) groups is 1. The van der Waals surface area contributed by atoms with E-state index in [9.17, 15) is 8.42 Å². The smallest absolute Gasteiger partial charge is 0.213 e. The van der Waals surface area contributed by atoms with Crippen molar-refractivity contribution < 1.29 is 13.2 Å². The summed E-state index contributed by atoms with van der Waals surface area (Å²) in [6.45, 7) is 6.64. The Labute approximate surface area is 163 Å². The Balaban J connectivity index is 1.77. The Morgan fingerprint density at radius 2 is 2.15 bits per heavy atom. The molecular weight excluding hydrogens is 364 g/mol. The van der Waals surface area contributed by atoms with Crippen LogP contribution in [0.4, 0.5) is 0 Å². The zero-order valence-corrected chi connectivity index (χ0v) is 17.1. The van der Waals surface area contributed by atoms with E-state index in [0.29, 0.717) is 32.1 Å². The molecule has 1 fully saturated rings. The van der Waals surface area contributed by atoms with E-state index in [1.807, 2.05) is 32.0 Å². The first-order valence-electron chi connectivity index (χ1n) is 9.65. The first-order chi connectivity index (χ1) is 13.0. The highest BCUT2D eigenvalue weighted by molar-refractivity contribution is 7.89. The molecular formula is C19H32N4O3S. The molecule has 3 N–H and O–H groups in total. The van der Waals surface area contributed by atoms with Gasteiger partial charge in [-0.15, -0.1) is 0 Å². The molecule has 0 spiro atoms. The lowest BCUT2D eigenvalue weighted by Gasteiger charge is -2.22. The number of benzene rings is 1. The van der Waals surface area contributed by atoms with Gasteiger partial charge in [0.25, 0.3) is 0 Å². The lowest BCUT2D eigenvalue weighted by atomic mass is 10.1. The van der Waals surface area contributed by atoms with Crippen LogP contribution in [0.2, 0.25) is 0 Å². The molecule has 8 heteroatoms. The molecule has 1 saturated heterocycles. The monoisotopic (exact) mass is 396 g/mol. The minimum Gasteiger partial charge on any atom is -0.377 e. The maximum absolute atomic E-state index is 12.2. The molecule has 0 amide bonds. The second-order valence-corrected chi connectivity index (χ2v) is 8.69. The van der Waals surface area contributed by atoms with Gasteiger partial charge in [-0.05, 0) is 38.7 Å². The van der Waals surface area contributed by atoms with Gasteiger partial charge in [0.15, 0.2) is 5.96 Å². The maximum Gasteiger partial charge on any atom is 0.213 e. The highest BCUT2D eigenvalue weighted by Gasteiger charge is 2.17. The number of hydrogen-bond acceptors (Lipinski definition) is 4. The van der Waals surface area contributed by atoms with Crippen molar-refractivity contribution in [1.29, 1.82) is 0 Å². The predicted molar refractivity (Wildman–Crippen MR) is 109 cm³/mol. The van der Waals surface area contributed by atoms with E-state index in [1.165, 1.54) is 5.56 Å². The molecule has 0 bridgehead atoms. The molecule has 1 unspecified atom stereocenters. The highest BCUT2D eigenvalue weighted by atomic mass is 32.2. The molecule has 1 heterocycles. The summed E-state index contributed by atoms with van der Waals surface area (Å²) in [6.07, 6.45) is 3.06. The molecule has 2 rings (SSSR count). The largest absolute Gasteiger partial charge is 0.377 e. The molecule has 27 heavy (non-hydrogen) atoms. The van der Waals surface area contributed by atoms with Gasteiger partial charge in [0.2, 0.25) is 10.0 Å². The van der Waals surface area contributed by atoms with Gasteiger partial charge in [-0.25, -0.2) is 18.1 Å². The van der Waals surface area contributed by atoms with Crippen molar-refractivity contribution in [3.8, 4) is 0 Å². The summed E-state index contributed by atoms with van der Waals surface area (Å²) in [6, 6.07) is 8.18. The van der Waals surface area contributed by atoms with Crippen molar-refractivity contribution in [2.75, 3.05) is 32.0 Å². The standard InChI is InChI=1S/C19H32N4O3S/c1-3-20-19(22-14-17-8-6-7-16(2)13-17)21-10-12-27(24,25)23-15-18-9-4-5-11-26-18/h6-8,13,18,23H,3-5,9-12,14-15H2,1-2H3,(H2,20,21,22). The van der Waals surface area contributed by atoms with Crippen LogP contribution in [-0.2, 0) is 21.3 Å². The fourth-order valence-corrected chi connectivity index (χ4v) is 3.84. The summed E-state index contributed by atoms with van der Waals surface area (Å²) >= 11 is 0. The fraction of sp³-hybridized carbons (Fsp3) is 0.632. The first kappa shape index (κ1) is 21.7. The van der Waals surface area contributed by atoms with Gasteiger partial charge < -0.3 is 15.4 Å². The average molecular weight is 397 g/mol. The number of guanidine groups is 1. The van der Waals surface area contributed by atoms with Crippen LogP contribution in [0.1, 0.15) is 37.3 Å². The molecule has 1 atom stereocenters. The number of ether oxygens (including phenoxy) is 1. The van der Waals surface area contributed by atoms with E-state index in [1.54, 1.807) is 0 Å². The molecule has 0 saturated carbocycles. The van der Waals surface area contributed by atoms with Gasteiger partial charge in [-0.2, -0.15) is 0 Å². The van der Waals surface area contributed by atoms with E-state index >= 15 is 0 Å². The Morgan fingerprint density at radius 1 is 1.30 bits per heavy atom. The second kappa shape index (κ2) is 11.3. The van der Waals surface area contributed by atoms with Gasteiger partial charge in [0, 0.05) is 26.2 Å². The Kier molecular flexibility index (Phi) is 9.03. The molecule has 7 nitrogen and oxygen atoms in total. The van der Waals surface area contributed by atoms with E-state index in [0.717, 1.165) is 31.4 Å². The third-order valence-electron chi connectivity index (χ3n) is 4.31. The number of rotatable bonds is 9. The quantitative estimate of drug-likeness (QED) is 0.435. The average Bonchev–Trinajstić information content (AvgIpc) is 2.65. The van der Waals surface area contributed by atoms with E-state index in [4.69, 9.17) is 4.74 Å². The van der Waals surface area contributed by atoms with Gasteiger partial charge in [0.05, 0.1) is 18.4 Å². The molecule has 1 aliphatic heterocycles. The van der Waals surface area contributed by atoms with Crippen LogP contribution in [0, 0.1) is 6.92 Å². The van der Waals surface area contributed by atoms with Crippen molar-refractivity contribution >= 4 is 16.0 Å². The Bertz CT molecular complexity index is 701. The van der Waals surface area contributed by atoms with Crippen molar-refractivity contribution in [3.63, 3.8) is 0 Å². The lowest BCUT2D eigenvalue weighted by molar-refractivity contribution is 0.0200. The molecule has 152 valence electrons. The summed E-state index contributed by atoms with van der Waals surface area (Å²) in [5, 5.41) is 6.23. The molecule has 0 aliphatic carbocycles. The van der Waals surface area contributed by atoms with E-state index < -0.39 is 10.0 Å². The van der Waals surface area contributed by atoms with Crippen LogP contribution < -0.4 is 15.4 Å². The number of sulfonamides is 1. The normalized spacial score (nSPS) is 18.3. The van der Waals surface area contributed by atoms with Crippen molar-refractivity contribution in [2.45, 2.75) is 45.8 Å². The molecule has 1 aromatic carbocycles. The summed E-state index contributed by atoms with van der Waals surface area (Å²) in [5.41, 5.74) is 2.31. The third-order valence-corrected chi connectivity index (χ3v) is 5.66. The van der Waals surface area contributed by atoms with Crippen LogP contribution in [-0.4, -0.2) is 52.5 Å². The van der Waals surface area contributed by atoms with Gasteiger partial charge >= 0.3 is 0 Å². The Hall–Kier alpha value is -1.64. The van der Waals surface area contributed by atoms with Gasteiger partial charge in [-0.1, -0.05) is 29.8 Å². The van der Waals surface area contributed by atoms with Crippen LogP contribution in [0.5, 0.6) is 0 Å². The molecule has 1 aromatic rings. The van der Waals surface area contributed by atoms with Crippen molar-refractivity contribution in [3.05, 3.63) is 35.4 Å². The summed E-state index contributed by atoms with van der Waals surface area (Å²) in [4.78, 5) is 4.52. The predicted octanol–water partition coefficient (Wildman–Crippen LogP) is 1.54. The minimum absolute atomic E-state index is 0.00491. The van der Waals surface area contributed by atoms with Gasteiger partial charge in [-0.3, -0.25) is 0 Å². The summed E-state index contributed by atoms with van der Waals surface area (Å²) in [5.74, 6) is 0.610. The van der Waals surface area contributed by atoms with Crippen LogP contribution in [0.15, 0.2) is 29.3 Å². The SMILES string of the molecule is CCNC(=NCc1cccc(C)c1)NCCS(=O)(=O)NCC1CCCCO1. The maximum atomic E-state index is 12.2. The zero-order valence-electron chi connectivity index (χ0n) is 16.3. The first-order valence-corrected chi connectivity index (χ1v) is 11.3. The van der Waals surface area contributed by atoms with Gasteiger partial charge in [0.1, 0.15) is 0 Å². The van der Waals surface area contributed by atoms with Crippen molar-refractivity contribution in [1.82, 2.24) is 15.4 Å². The molecule has 0 aromatic heterocycles. The summed E-state index contributed by atoms with van der Waals surface area (Å²) < 4.78 is 32.5. The van der Waals surface area contributed by atoms with Crippen LogP contribution in [0.3, 0.4) is 0 Å². The summed E-state index contributed by atoms with van der Waals surface area (Å²) in [7, 11) is -3.34. The number of hydrogen-bond donors (Lipinski definition) is 3. The highest BCUT2D eigenvalue weighted by Crippen LogP contribution is 2.11. The minimum atomic E-state index is -3.34. The van der Waals surface area contributed by atoms with Crippen molar-refractivity contribution in [2.24, 2.45) is 4.99 Å². The molecule has 0 radical (unpaired) electrons. The van der Waals surface area contributed by atoms with E-state index in [2.05, 4.69) is 26.4 Å². The molecule has 1 aliphatic rings. The zero-order chi connectivity index (χ0) is 19.5. The number of nitrogens with zero attached hydrogens (tertiary/aromatic N) is 1.